The molecule has 0 bridgehead atoms. The number of nitrogens with zero attached hydrogens (tertiary/aromatic N) is 1. The Kier molecular flexibility index (Phi) is 6.32. The maximum atomic E-state index is 11.8. The molecule has 19 heavy (non-hydrogen) atoms. The lowest BCUT2D eigenvalue weighted by atomic mass is 10.0. The summed E-state index contributed by atoms with van der Waals surface area (Å²) in [6.07, 6.45) is 0. The van der Waals surface area contributed by atoms with Crippen LogP contribution in [0.1, 0.15) is 22.8 Å². The molecule has 106 valence electrons. The minimum Gasteiger partial charge on any atom is -0.465 e. The van der Waals surface area contributed by atoms with Crippen molar-refractivity contribution in [2.24, 2.45) is 0 Å². The van der Waals surface area contributed by atoms with Gasteiger partial charge in [0, 0.05) is 25.9 Å². The molecule has 1 aromatic carbocycles. The Labute approximate surface area is 114 Å². The number of nitrogens with two attached hydrogens (primary N) is 1. The number of benzene rings is 1. The normalized spacial score (nSPS) is 10.7. The average Bonchev–Trinajstić information content (AvgIpc) is 2.42. The molecule has 1 rings (SSSR count). The molecule has 0 saturated heterocycles. The topological polar surface area (TPSA) is 64.8 Å². The fourth-order valence-electron chi connectivity index (χ4n) is 1.91. The van der Waals surface area contributed by atoms with Crippen molar-refractivity contribution in [1.82, 2.24) is 4.90 Å². The molecule has 0 aliphatic rings. The molecule has 0 atom stereocenters. The number of hydrogen-bond donors (Lipinski definition) is 1. The molecule has 5 nitrogen and oxygen atoms in total. The van der Waals surface area contributed by atoms with Gasteiger partial charge in [0.25, 0.3) is 0 Å². The molecule has 0 aliphatic heterocycles. The Balaban J connectivity index is 2.93. The molecule has 0 saturated carbocycles. The first-order valence-corrected chi connectivity index (χ1v) is 6.31. The lowest BCUT2D eigenvalue weighted by Gasteiger charge is -2.21. The maximum Gasteiger partial charge on any atom is 0.340 e. The van der Waals surface area contributed by atoms with E-state index in [-0.39, 0.29) is 0 Å². The van der Waals surface area contributed by atoms with Gasteiger partial charge in [-0.15, -0.1) is 0 Å². The van der Waals surface area contributed by atoms with Crippen molar-refractivity contribution in [2.45, 2.75) is 13.5 Å². The Hall–Kier alpha value is -1.59. The van der Waals surface area contributed by atoms with Crippen molar-refractivity contribution in [3.05, 3.63) is 29.3 Å². The molecule has 0 amide bonds. The second kappa shape index (κ2) is 7.76. The maximum absolute atomic E-state index is 11.8. The Morgan fingerprint density at radius 3 is 2.68 bits per heavy atom. The third-order valence-corrected chi connectivity index (χ3v) is 3.03. The third-order valence-electron chi connectivity index (χ3n) is 3.03. The van der Waals surface area contributed by atoms with E-state index in [4.69, 9.17) is 15.2 Å². The summed E-state index contributed by atoms with van der Waals surface area (Å²) in [5, 5.41) is 0. The van der Waals surface area contributed by atoms with Gasteiger partial charge in [-0.3, -0.25) is 4.90 Å². The molecule has 0 unspecified atom stereocenters. The lowest BCUT2D eigenvalue weighted by Crippen LogP contribution is -2.27. The summed E-state index contributed by atoms with van der Waals surface area (Å²) in [7, 11) is 3.04. The number of ether oxygens (including phenoxy) is 2. The van der Waals surface area contributed by atoms with Crippen LogP contribution in [0.4, 0.5) is 5.69 Å². The standard InChI is InChI=1S/C14H22N2O3/c1-4-16(8-9-18-2)10-11-6-5-7-12(15)13(11)14(17)19-3/h5-7H,4,8-10,15H2,1-3H3. The zero-order valence-corrected chi connectivity index (χ0v) is 11.8. The van der Waals surface area contributed by atoms with Crippen LogP contribution in [-0.4, -0.2) is 44.8 Å². The number of likely N-dealkylation sites (N-methyl/N-ethyl adjacent to an activating group) is 1. The van der Waals surface area contributed by atoms with Gasteiger partial charge in [0.2, 0.25) is 0 Å². The van der Waals surface area contributed by atoms with Crippen LogP contribution in [0.3, 0.4) is 0 Å². The minimum atomic E-state index is -0.393. The van der Waals surface area contributed by atoms with Gasteiger partial charge in [0.15, 0.2) is 0 Å². The van der Waals surface area contributed by atoms with Crippen LogP contribution in [0.25, 0.3) is 0 Å². The number of nitrogen functional groups attached to an aromatic ring is 1. The largest absolute Gasteiger partial charge is 0.465 e. The lowest BCUT2D eigenvalue weighted by molar-refractivity contribution is 0.0599. The summed E-state index contributed by atoms with van der Waals surface area (Å²) in [4.78, 5) is 14.0. The van der Waals surface area contributed by atoms with Gasteiger partial charge in [0.1, 0.15) is 0 Å². The van der Waals surface area contributed by atoms with Crippen LogP contribution < -0.4 is 5.73 Å². The third kappa shape index (κ3) is 4.22. The van der Waals surface area contributed by atoms with E-state index in [9.17, 15) is 4.79 Å². The fraction of sp³-hybridized carbons (Fsp3) is 0.500. The summed E-state index contributed by atoms with van der Waals surface area (Å²) < 4.78 is 9.87. The van der Waals surface area contributed by atoms with Gasteiger partial charge in [0.05, 0.1) is 19.3 Å². The highest BCUT2D eigenvalue weighted by molar-refractivity contribution is 5.96. The van der Waals surface area contributed by atoms with Gasteiger partial charge >= 0.3 is 5.97 Å². The van der Waals surface area contributed by atoms with Gasteiger partial charge in [-0.1, -0.05) is 19.1 Å². The van der Waals surface area contributed by atoms with Gasteiger partial charge in [-0.05, 0) is 18.2 Å². The minimum absolute atomic E-state index is 0.393. The van der Waals surface area contributed by atoms with Crippen molar-refractivity contribution in [3.63, 3.8) is 0 Å². The van der Waals surface area contributed by atoms with Crippen LogP contribution in [0.2, 0.25) is 0 Å². The fourth-order valence-corrected chi connectivity index (χ4v) is 1.91. The highest BCUT2D eigenvalue weighted by Gasteiger charge is 2.16. The second-order valence-corrected chi connectivity index (χ2v) is 4.23. The van der Waals surface area contributed by atoms with E-state index in [1.165, 1.54) is 7.11 Å². The Bertz CT molecular complexity index is 421. The van der Waals surface area contributed by atoms with Crippen molar-refractivity contribution in [3.8, 4) is 0 Å². The summed E-state index contributed by atoms with van der Waals surface area (Å²) in [5.74, 6) is -0.393. The number of esters is 1. The summed E-state index contributed by atoms with van der Waals surface area (Å²) in [6, 6.07) is 5.46. The number of rotatable bonds is 7. The first-order chi connectivity index (χ1) is 9.13. The molecule has 5 heteroatoms. The van der Waals surface area contributed by atoms with Crippen LogP contribution in [0.15, 0.2) is 18.2 Å². The SMILES string of the molecule is CCN(CCOC)Cc1cccc(N)c1C(=O)OC. The number of carbonyl (C=O) groups excluding carboxylic acids is 1. The second-order valence-electron chi connectivity index (χ2n) is 4.23. The van der Waals surface area contributed by atoms with Crippen molar-refractivity contribution < 1.29 is 14.3 Å². The number of anilines is 1. The van der Waals surface area contributed by atoms with Gasteiger partial charge in [-0.2, -0.15) is 0 Å². The average molecular weight is 266 g/mol. The zero-order valence-electron chi connectivity index (χ0n) is 11.8. The van der Waals surface area contributed by atoms with E-state index in [0.29, 0.717) is 24.4 Å². The van der Waals surface area contributed by atoms with Gasteiger partial charge < -0.3 is 15.2 Å². The highest BCUT2D eigenvalue weighted by Crippen LogP contribution is 2.19. The van der Waals surface area contributed by atoms with Crippen molar-refractivity contribution >= 4 is 11.7 Å². The summed E-state index contributed by atoms with van der Waals surface area (Å²) in [5.41, 5.74) is 7.66. The van der Waals surface area contributed by atoms with E-state index in [1.54, 1.807) is 13.2 Å². The molecular weight excluding hydrogens is 244 g/mol. The van der Waals surface area contributed by atoms with Crippen molar-refractivity contribution in [1.29, 1.82) is 0 Å². The smallest absolute Gasteiger partial charge is 0.340 e. The quantitative estimate of drug-likeness (QED) is 0.599. The Morgan fingerprint density at radius 1 is 1.37 bits per heavy atom. The first kappa shape index (κ1) is 15.5. The summed E-state index contributed by atoms with van der Waals surface area (Å²) >= 11 is 0. The molecule has 0 aromatic heterocycles. The van der Waals surface area contributed by atoms with Crippen LogP contribution >= 0.6 is 0 Å². The predicted octanol–water partition coefficient (Wildman–Crippen LogP) is 1.52. The van der Waals surface area contributed by atoms with Crippen molar-refractivity contribution in [2.75, 3.05) is 39.6 Å². The number of hydrogen-bond acceptors (Lipinski definition) is 5. The molecular formula is C14H22N2O3. The van der Waals surface area contributed by atoms with E-state index in [2.05, 4.69) is 11.8 Å². The first-order valence-electron chi connectivity index (χ1n) is 6.31. The molecule has 1 aromatic rings. The molecule has 0 heterocycles. The predicted molar refractivity (Wildman–Crippen MR) is 75.0 cm³/mol. The monoisotopic (exact) mass is 266 g/mol. The van der Waals surface area contributed by atoms with Crippen LogP contribution in [0.5, 0.6) is 0 Å². The molecule has 0 radical (unpaired) electrons. The number of carbonyl (C=O) groups is 1. The molecule has 0 spiro atoms. The number of methoxy groups -OCH3 is 2. The van der Waals surface area contributed by atoms with E-state index in [1.807, 2.05) is 12.1 Å². The van der Waals surface area contributed by atoms with E-state index in [0.717, 1.165) is 18.7 Å². The highest BCUT2D eigenvalue weighted by atomic mass is 16.5. The van der Waals surface area contributed by atoms with Crippen LogP contribution in [0, 0.1) is 0 Å². The Morgan fingerprint density at radius 2 is 2.11 bits per heavy atom. The molecule has 0 aliphatic carbocycles. The van der Waals surface area contributed by atoms with E-state index >= 15 is 0 Å². The molecule has 0 fully saturated rings. The molecule has 2 N–H and O–H groups in total. The van der Waals surface area contributed by atoms with Crippen LogP contribution in [-0.2, 0) is 16.0 Å². The van der Waals surface area contributed by atoms with Gasteiger partial charge in [-0.25, -0.2) is 4.79 Å². The van der Waals surface area contributed by atoms with E-state index < -0.39 is 5.97 Å². The summed E-state index contributed by atoms with van der Waals surface area (Å²) in [6.45, 7) is 5.06. The zero-order chi connectivity index (χ0) is 14.3.